The van der Waals surface area contributed by atoms with Crippen LogP contribution in [0.1, 0.15) is 35.2 Å². The van der Waals surface area contributed by atoms with E-state index in [2.05, 4.69) is 26.3 Å². The molecular formula is C22H20BrCl3N4O3S. The quantitative estimate of drug-likeness (QED) is 0.369. The molecule has 1 aliphatic heterocycles. The van der Waals surface area contributed by atoms with Crippen molar-refractivity contribution >= 4 is 72.5 Å². The van der Waals surface area contributed by atoms with Crippen LogP contribution in [0.5, 0.6) is 0 Å². The highest BCUT2D eigenvalue weighted by molar-refractivity contribution is 9.10. The van der Waals surface area contributed by atoms with E-state index in [0.717, 1.165) is 24.8 Å². The fourth-order valence-electron chi connectivity index (χ4n) is 3.68. The molecule has 0 atom stereocenters. The van der Waals surface area contributed by atoms with Gasteiger partial charge in [-0.05, 0) is 52.5 Å². The van der Waals surface area contributed by atoms with Crippen LogP contribution in [-0.2, 0) is 16.6 Å². The zero-order chi connectivity index (χ0) is 24.5. The average Bonchev–Trinajstić information content (AvgIpc) is 3.14. The van der Waals surface area contributed by atoms with Gasteiger partial charge in [0.05, 0.1) is 26.6 Å². The van der Waals surface area contributed by atoms with Crippen molar-refractivity contribution in [1.82, 2.24) is 14.1 Å². The van der Waals surface area contributed by atoms with Gasteiger partial charge < -0.3 is 5.32 Å². The average molecular weight is 607 g/mol. The maximum atomic E-state index is 13.1. The van der Waals surface area contributed by atoms with Crippen molar-refractivity contribution in [3.05, 3.63) is 73.3 Å². The molecule has 4 rings (SSSR count). The third-order valence-corrected chi connectivity index (χ3v) is 9.06. The molecule has 1 saturated heterocycles. The van der Waals surface area contributed by atoms with Gasteiger partial charge in [0, 0.05) is 24.3 Å². The fourth-order valence-corrected chi connectivity index (χ4v) is 6.64. The molecule has 0 bridgehead atoms. The molecule has 1 aromatic heterocycles. The minimum Gasteiger partial charge on any atom is -0.304 e. The molecule has 1 aliphatic rings. The highest BCUT2D eigenvalue weighted by atomic mass is 79.9. The molecule has 0 spiro atoms. The molecule has 0 unspecified atom stereocenters. The van der Waals surface area contributed by atoms with Gasteiger partial charge in [-0.1, -0.05) is 59.4 Å². The van der Waals surface area contributed by atoms with Crippen molar-refractivity contribution in [2.45, 2.75) is 30.7 Å². The van der Waals surface area contributed by atoms with E-state index in [1.165, 1.54) is 16.4 Å². The lowest BCUT2D eigenvalue weighted by molar-refractivity contribution is 0.102. The van der Waals surface area contributed by atoms with Crippen LogP contribution in [0.3, 0.4) is 0 Å². The van der Waals surface area contributed by atoms with E-state index >= 15 is 0 Å². The topological polar surface area (TPSA) is 84.3 Å². The molecule has 2 aromatic carbocycles. The molecule has 0 saturated carbocycles. The zero-order valence-corrected chi connectivity index (χ0v) is 22.4. The van der Waals surface area contributed by atoms with Gasteiger partial charge in [-0.3, -0.25) is 9.48 Å². The number of piperidine rings is 1. The number of nitrogens with one attached hydrogen (secondary N) is 1. The van der Waals surface area contributed by atoms with Crippen LogP contribution in [0.2, 0.25) is 15.1 Å². The van der Waals surface area contributed by atoms with E-state index in [0.29, 0.717) is 29.1 Å². The Hall–Kier alpha value is -1.62. The number of aromatic nitrogens is 2. The Balaban J connectivity index is 1.58. The monoisotopic (exact) mass is 604 g/mol. The lowest BCUT2D eigenvalue weighted by Gasteiger charge is -2.26. The van der Waals surface area contributed by atoms with Gasteiger partial charge >= 0.3 is 0 Å². The second-order valence-electron chi connectivity index (χ2n) is 7.80. The highest BCUT2D eigenvalue weighted by Crippen LogP contribution is 2.32. The van der Waals surface area contributed by atoms with Crippen molar-refractivity contribution in [3.8, 4) is 0 Å². The van der Waals surface area contributed by atoms with Crippen molar-refractivity contribution in [1.29, 1.82) is 0 Å². The van der Waals surface area contributed by atoms with Gasteiger partial charge in [0.1, 0.15) is 4.90 Å². The largest absolute Gasteiger partial charge is 0.304 e. The van der Waals surface area contributed by atoms with Gasteiger partial charge in [-0.15, -0.1) is 0 Å². The van der Waals surface area contributed by atoms with Crippen LogP contribution >= 0.6 is 50.7 Å². The molecule has 1 amide bonds. The van der Waals surface area contributed by atoms with Gasteiger partial charge in [0.15, 0.2) is 5.82 Å². The number of nitrogens with zero attached hydrogens (tertiary/aromatic N) is 3. The summed E-state index contributed by atoms with van der Waals surface area (Å²) in [6, 6.07) is 9.88. The Morgan fingerprint density at radius 2 is 1.74 bits per heavy atom. The number of carbonyl (C=O) groups excluding carboxylic acids is 1. The van der Waals surface area contributed by atoms with Gasteiger partial charge in [-0.2, -0.15) is 9.40 Å². The van der Waals surface area contributed by atoms with E-state index in [9.17, 15) is 13.2 Å². The Labute approximate surface area is 221 Å². The molecule has 12 heteroatoms. The van der Waals surface area contributed by atoms with Crippen LogP contribution in [0.4, 0.5) is 5.82 Å². The van der Waals surface area contributed by atoms with E-state index in [-0.39, 0.29) is 26.3 Å². The van der Waals surface area contributed by atoms with Gasteiger partial charge in [-0.25, -0.2) is 8.42 Å². The second kappa shape index (κ2) is 10.6. The summed E-state index contributed by atoms with van der Waals surface area (Å²) in [6.07, 6.45) is 4.24. The number of halogens is 4. The summed E-state index contributed by atoms with van der Waals surface area (Å²) in [5, 5.41) is 7.68. The molecule has 2 heterocycles. The number of benzene rings is 2. The van der Waals surface area contributed by atoms with E-state index < -0.39 is 15.9 Å². The second-order valence-corrected chi connectivity index (χ2v) is 11.8. The Morgan fingerprint density at radius 3 is 2.44 bits per heavy atom. The zero-order valence-electron chi connectivity index (χ0n) is 17.8. The Kier molecular flexibility index (Phi) is 7.91. The van der Waals surface area contributed by atoms with Crippen molar-refractivity contribution in [2.75, 3.05) is 18.4 Å². The van der Waals surface area contributed by atoms with E-state index in [1.54, 1.807) is 16.9 Å². The third kappa shape index (κ3) is 5.45. The fraction of sp³-hybridized carbons (Fsp3) is 0.273. The minimum absolute atomic E-state index is 0.0193. The molecule has 7 nitrogen and oxygen atoms in total. The van der Waals surface area contributed by atoms with Crippen LogP contribution < -0.4 is 5.32 Å². The summed E-state index contributed by atoms with van der Waals surface area (Å²) in [4.78, 5) is 12.9. The molecule has 3 aromatic rings. The highest BCUT2D eigenvalue weighted by Gasteiger charge is 2.30. The van der Waals surface area contributed by atoms with E-state index in [4.69, 9.17) is 34.8 Å². The summed E-state index contributed by atoms with van der Waals surface area (Å²) >= 11 is 22.1. The SMILES string of the molecule is O=C(Nc1nn(Cc2ccccc2Cl)cc1Br)c1cc(S(=O)(=O)N2CCCCC2)c(Cl)cc1Cl. The summed E-state index contributed by atoms with van der Waals surface area (Å²) in [6.45, 7) is 1.23. The van der Waals surface area contributed by atoms with Gasteiger partial charge in [0.2, 0.25) is 10.0 Å². The first-order chi connectivity index (χ1) is 16.2. The normalized spacial score (nSPS) is 14.8. The lowest BCUT2D eigenvalue weighted by atomic mass is 10.2. The van der Waals surface area contributed by atoms with Crippen LogP contribution in [0.15, 0.2) is 52.0 Å². The Morgan fingerprint density at radius 1 is 1.03 bits per heavy atom. The number of hydrogen-bond acceptors (Lipinski definition) is 4. The van der Waals surface area contributed by atoms with E-state index in [1.807, 2.05) is 18.2 Å². The number of carbonyl (C=O) groups is 1. The summed E-state index contributed by atoms with van der Waals surface area (Å²) in [7, 11) is -3.86. The summed E-state index contributed by atoms with van der Waals surface area (Å²) in [5.74, 6) is -0.357. The molecule has 1 fully saturated rings. The number of hydrogen-bond donors (Lipinski definition) is 1. The molecule has 34 heavy (non-hydrogen) atoms. The smallest absolute Gasteiger partial charge is 0.258 e. The maximum Gasteiger partial charge on any atom is 0.258 e. The predicted octanol–water partition coefficient (Wildman–Crippen LogP) is 6.08. The first-order valence-electron chi connectivity index (χ1n) is 10.4. The first-order valence-corrected chi connectivity index (χ1v) is 13.8. The van der Waals surface area contributed by atoms with Gasteiger partial charge in [0.25, 0.3) is 5.91 Å². The number of sulfonamides is 1. The Bertz CT molecular complexity index is 1340. The van der Waals surface area contributed by atoms with Crippen molar-refractivity contribution in [3.63, 3.8) is 0 Å². The molecule has 0 aliphatic carbocycles. The number of amides is 1. The first kappa shape index (κ1) is 25.5. The molecular weight excluding hydrogens is 587 g/mol. The van der Waals surface area contributed by atoms with Crippen molar-refractivity contribution < 1.29 is 13.2 Å². The molecule has 180 valence electrons. The summed E-state index contributed by atoms with van der Waals surface area (Å²) in [5.41, 5.74) is 0.847. The van der Waals surface area contributed by atoms with Crippen LogP contribution in [0, 0.1) is 0 Å². The standard InChI is InChI=1S/C22H20BrCl3N4O3S/c23-16-13-29(12-14-6-2-3-7-17(14)24)28-21(16)27-22(31)15-10-20(19(26)11-18(15)25)34(32,33)30-8-4-1-5-9-30/h2-3,6-7,10-11,13H,1,4-5,8-9,12H2,(H,27,28,31). The number of rotatable bonds is 6. The predicted molar refractivity (Wildman–Crippen MR) is 138 cm³/mol. The minimum atomic E-state index is -3.86. The maximum absolute atomic E-state index is 13.1. The van der Waals surface area contributed by atoms with Crippen LogP contribution in [0.25, 0.3) is 0 Å². The third-order valence-electron chi connectivity index (χ3n) is 5.44. The summed E-state index contributed by atoms with van der Waals surface area (Å²) < 4.78 is 29.8. The van der Waals surface area contributed by atoms with Crippen molar-refractivity contribution in [2.24, 2.45) is 0 Å². The lowest BCUT2D eigenvalue weighted by Crippen LogP contribution is -2.35. The number of anilines is 1. The molecule has 1 N–H and O–H groups in total. The van der Waals surface area contributed by atoms with Crippen LogP contribution in [-0.4, -0.2) is 41.5 Å². The molecule has 0 radical (unpaired) electrons.